The summed E-state index contributed by atoms with van der Waals surface area (Å²) in [5.41, 5.74) is 3.40. The van der Waals surface area contributed by atoms with Gasteiger partial charge in [-0.15, -0.1) is 0 Å². The molecule has 0 aliphatic carbocycles. The second-order valence-electron chi connectivity index (χ2n) is 9.74. The van der Waals surface area contributed by atoms with Gasteiger partial charge in [-0.25, -0.2) is 44.9 Å². The largest absolute Gasteiger partial charge is 0.373 e. The zero-order chi connectivity index (χ0) is 33.7. The zero-order valence-electron chi connectivity index (χ0n) is 26.0. The minimum Gasteiger partial charge on any atom is -0.373 e. The number of hydrogen-bond donors (Lipinski definition) is 1. The van der Waals surface area contributed by atoms with Crippen molar-refractivity contribution in [3.63, 3.8) is 0 Å². The Hall–Kier alpha value is -3.86. The third kappa shape index (κ3) is 6.58. The molecule has 0 unspecified atom stereocenters. The maximum absolute atomic E-state index is 11.7. The highest BCUT2D eigenvalue weighted by Gasteiger charge is 2.39. The molecule has 1 N–H and O–H groups in total. The molecule has 0 atom stereocenters. The number of rotatable bonds is 8. The first-order valence-electron chi connectivity index (χ1n) is 14.2. The van der Waals surface area contributed by atoms with Crippen molar-refractivity contribution in [3.05, 3.63) is 108 Å². The number of halogens is 1. The molecule has 7 rings (SSSR count). The molecule has 0 saturated heterocycles. The van der Waals surface area contributed by atoms with E-state index < -0.39 is 5.60 Å². The Balaban J connectivity index is 0.000000168. The second kappa shape index (κ2) is 15.1. The van der Waals surface area contributed by atoms with Crippen LogP contribution in [0, 0.1) is 0 Å². The van der Waals surface area contributed by atoms with Gasteiger partial charge >= 0.3 is 0 Å². The lowest BCUT2D eigenvalue weighted by molar-refractivity contribution is 0.114. The molecular weight excluding hydrogens is 704 g/mol. The van der Waals surface area contributed by atoms with E-state index in [1.54, 1.807) is 60.8 Å². The molecule has 16 heteroatoms. The van der Waals surface area contributed by atoms with Crippen LogP contribution in [0.15, 0.2) is 106 Å². The van der Waals surface area contributed by atoms with Crippen molar-refractivity contribution in [2.75, 3.05) is 25.0 Å². The lowest BCUT2D eigenvalue weighted by atomic mass is 9.87. The monoisotopic (exact) mass is 730 g/mol. The molecule has 11 nitrogen and oxygen atoms in total. The van der Waals surface area contributed by atoms with E-state index in [2.05, 4.69) is 55.3 Å². The smallest absolute Gasteiger partial charge is 0.187 e. The van der Waals surface area contributed by atoms with Crippen molar-refractivity contribution in [2.45, 2.75) is 26.2 Å². The molecule has 0 spiro atoms. The average Bonchev–Trinajstić information content (AvgIpc) is 3.49. The van der Waals surface area contributed by atoms with E-state index in [1.807, 2.05) is 55.6 Å². The molecule has 7 heterocycles. The first-order valence-corrected chi connectivity index (χ1v) is 19.4. The fraction of sp³-hybridized carbons (Fsp3) is 0.156. The number of aliphatic hydroxyl groups is 1. The minimum atomic E-state index is -1.67. The van der Waals surface area contributed by atoms with Crippen LogP contribution in [0.3, 0.4) is 0 Å². The van der Waals surface area contributed by atoms with Crippen LogP contribution in [0.1, 0.15) is 17.0 Å². The summed E-state index contributed by atoms with van der Waals surface area (Å²) in [6, 6.07) is 14.7. The molecule has 7 aromatic heterocycles. The summed E-state index contributed by atoms with van der Waals surface area (Å²) < 4.78 is 2.09. The van der Waals surface area contributed by atoms with Gasteiger partial charge in [-0.3, -0.25) is 4.40 Å². The van der Waals surface area contributed by atoms with E-state index in [0.717, 1.165) is 38.1 Å². The number of hydrogen-bond acceptors (Lipinski definition) is 14. The van der Waals surface area contributed by atoms with Crippen molar-refractivity contribution in [2.24, 2.45) is 0 Å². The summed E-state index contributed by atoms with van der Waals surface area (Å²) in [5, 5.41) is 15.7. The van der Waals surface area contributed by atoms with Gasteiger partial charge in [0.15, 0.2) is 26.2 Å². The number of aromatic nitrogens is 10. The molecule has 0 saturated carbocycles. The Labute approximate surface area is 298 Å². The van der Waals surface area contributed by atoms with Crippen molar-refractivity contribution >= 4 is 75.2 Å². The predicted molar refractivity (Wildman–Crippen MR) is 194 cm³/mol. The fourth-order valence-corrected chi connectivity index (χ4v) is 6.91. The van der Waals surface area contributed by atoms with Crippen molar-refractivity contribution in [1.82, 2.24) is 49.3 Å². The average molecular weight is 731 g/mol. The van der Waals surface area contributed by atoms with Crippen molar-refractivity contribution < 1.29 is 5.11 Å². The highest BCUT2D eigenvalue weighted by Crippen LogP contribution is 2.38. The van der Waals surface area contributed by atoms with Gasteiger partial charge in [0, 0.05) is 53.7 Å². The molecule has 48 heavy (non-hydrogen) atoms. The highest BCUT2D eigenvalue weighted by molar-refractivity contribution is 7.99. The van der Waals surface area contributed by atoms with Gasteiger partial charge in [-0.2, -0.15) is 0 Å². The molecule has 242 valence electrons. The van der Waals surface area contributed by atoms with Crippen LogP contribution in [0.2, 0.25) is 5.15 Å². The van der Waals surface area contributed by atoms with Crippen LogP contribution >= 0.6 is 58.6 Å². The maximum atomic E-state index is 11.7. The maximum Gasteiger partial charge on any atom is 0.187 e. The summed E-state index contributed by atoms with van der Waals surface area (Å²) in [6.45, 7) is 0. The highest BCUT2D eigenvalue weighted by atomic mass is 35.5. The number of nitrogens with zero attached hydrogens (tertiary/aromatic N) is 10. The van der Waals surface area contributed by atoms with Gasteiger partial charge in [-0.05, 0) is 67.5 Å². The van der Waals surface area contributed by atoms with Crippen LogP contribution in [0.5, 0.6) is 0 Å². The standard InChI is InChI=1S/C16H14ClN5OS2.C16H13N5S2/c1-24-14-19-8-5-11(21-14)16(23,10-4-3-7-18-13(10)17)12-6-9-20-15(22-12)25-2;1-22-15-18-8-5-11(20-15)13-10-4-3-7-17-14(10)21-12(13)6-9-19-16(21)23-2/h3-9,23H,1-2H3;3-9H,1-2H3. The predicted octanol–water partition coefficient (Wildman–Crippen LogP) is 6.83. The number of fused-ring (bicyclic) bond motifs is 3. The first-order chi connectivity index (χ1) is 23.4. The molecule has 0 aliphatic rings. The summed E-state index contributed by atoms with van der Waals surface area (Å²) in [4.78, 5) is 39.3. The third-order valence-corrected chi connectivity index (χ3v) is 9.79. The van der Waals surface area contributed by atoms with Gasteiger partial charge in [0.25, 0.3) is 0 Å². The molecule has 7 aromatic rings. The molecule has 0 amide bonds. The quantitative estimate of drug-likeness (QED) is 0.0992. The lowest BCUT2D eigenvalue weighted by Crippen LogP contribution is -2.32. The minimum absolute atomic E-state index is 0.179. The number of thioether (sulfide) groups is 4. The summed E-state index contributed by atoms with van der Waals surface area (Å²) in [5.74, 6) is 0. The van der Waals surface area contributed by atoms with Gasteiger partial charge in [0.1, 0.15) is 10.8 Å². The summed E-state index contributed by atoms with van der Waals surface area (Å²) in [7, 11) is 0. The van der Waals surface area contributed by atoms with Crippen LogP contribution in [-0.2, 0) is 5.60 Å². The Morgan fingerprint density at radius 1 is 0.625 bits per heavy atom. The van der Waals surface area contributed by atoms with Gasteiger partial charge in [-0.1, -0.05) is 64.7 Å². The SMILES string of the molecule is CSc1nccc(-c2c3cccnc3n3c(SC)nccc23)n1.CSc1nccc(C(O)(c2ccnc(SC)n2)c2cccnc2Cl)n1. The Bertz CT molecular complexity index is 2170. The third-order valence-electron chi connectivity index (χ3n) is 7.15. The van der Waals surface area contributed by atoms with Crippen molar-refractivity contribution in [1.29, 1.82) is 0 Å². The van der Waals surface area contributed by atoms with Gasteiger partial charge in [0.2, 0.25) is 0 Å². The number of pyridine rings is 2. The Morgan fingerprint density at radius 3 is 1.83 bits per heavy atom. The Kier molecular flexibility index (Phi) is 10.7. The van der Waals surface area contributed by atoms with E-state index >= 15 is 0 Å². The molecule has 0 aliphatic heterocycles. The van der Waals surface area contributed by atoms with E-state index in [-0.39, 0.29) is 5.15 Å². The molecule has 0 radical (unpaired) electrons. The van der Waals surface area contributed by atoms with E-state index in [1.165, 1.54) is 35.3 Å². The first kappa shape index (κ1) is 34.0. The Morgan fingerprint density at radius 2 is 1.21 bits per heavy atom. The topological polar surface area (TPSA) is 141 Å². The normalized spacial score (nSPS) is 11.5. The van der Waals surface area contributed by atoms with E-state index in [0.29, 0.717) is 27.3 Å². The molecule has 0 fully saturated rings. The fourth-order valence-electron chi connectivity index (χ4n) is 5.05. The summed E-state index contributed by atoms with van der Waals surface area (Å²) in [6.07, 6.45) is 17.9. The summed E-state index contributed by atoms with van der Waals surface area (Å²) >= 11 is 12.2. The molecular formula is C32H27ClN10OS4. The van der Waals surface area contributed by atoms with Crippen LogP contribution in [-0.4, -0.2) is 79.4 Å². The van der Waals surface area contributed by atoms with Crippen LogP contribution in [0.25, 0.3) is 27.8 Å². The molecule has 0 aromatic carbocycles. The zero-order valence-corrected chi connectivity index (χ0v) is 30.0. The van der Waals surface area contributed by atoms with E-state index in [9.17, 15) is 5.11 Å². The van der Waals surface area contributed by atoms with Crippen molar-refractivity contribution in [3.8, 4) is 11.3 Å². The van der Waals surface area contributed by atoms with E-state index in [4.69, 9.17) is 11.6 Å². The van der Waals surface area contributed by atoms with Gasteiger partial charge < -0.3 is 5.11 Å². The van der Waals surface area contributed by atoms with Crippen LogP contribution in [0.4, 0.5) is 0 Å². The molecule has 0 bridgehead atoms. The lowest BCUT2D eigenvalue weighted by Gasteiger charge is -2.28. The van der Waals surface area contributed by atoms with Gasteiger partial charge in [0.05, 0.1) is 22.6 Å². The second-order valence-corrected chi connectivity index (χ2v) is 13.2. The van der Waals surface area contributed by atoms with Crippen LogP contribution < -0.4 is 0 Å².